The number of amides is 1. The van der Waals surface area contributed by atoms with E-state index in [0.717, 1.165) is 20.3 Å². The van der Waals surface area contributed by atoms with Crippen LogP contribution in [0.15, 0.2) is 30.3 Å². The number of benzene rings is 1. The monoisotopic (exact) mass is 318 g/mol. The Labute approximate surface area is 133 Å². The molecule has 0 atom stereocenters. The van der Waals surface area contributed by atoms with Gasteiger partial charge in [0.05, 0.1) is 17.4 Å². The number of aryl methyl sites for hydroxylation is 1. The van der Waals surface area contributed by atoms with Crippen LogP contribution in [0, 0.1) is 18.8 Å². The van der Waals surface area contributed by atoms with Crippen molar-refractivity contribution in [3.8, 4) is 11.8 Å². The number of nitrogens with two attached hydrogens (primary N) is 1. The fourth-order valence-electron chi connectivity index (χ4n) is 1.81. The van der Waals surface area contributed by atoms with Gasteiger partial charge in [-0.2, -0.15) is 0 Å². The number of halogens is 1. The van der Waals surface area contributed by atoms with E-state index in [1.165, 1.54) is 11.3 Å². The normalized spacial score (nSPS) is 9.86. The molecule has 0 fully saturated rings. The topological polar surface area (TPSA) is 55.1 Å². The number of rotatable bonds is 3. The van der Waals surface area contributed by atoms with Crippen LogP contribution >= 0.6 is 22.9 Å². The molecule has 0 saturated heterocycles. The number of hydrogen-bond donors (Lipinski definition) is 2. The molecule has 0 unspecified atom stereocenters. The van der Waals surface area contributed by atoms with Gasteiger partial charge in [-0.15, -0.1) is 11.3 Å². The molecule has 1 amide bonds. The molecule has 0 spiro atoms. The Hall–Kier alpha value is -1.80. The standard InChI is InChI=1S/C16H15ClN2OS/c1-11-9-13(5-4-12(11)3-2-8-18)16(20)19-10-14-6-7-15(17)21-14/h4-7,9H,8,10,18H2,1H3,(H,19,20). The summed E-state index contributed by atoms with van der Waals surface area (Å²) in [6.07, 6.45) is 0. The van der Waals surface area contributed by atoms with Crippen LogP contribution in [0.3, 0.4) is 0 Å². The third-order valence-corrected chi connectivity index (χ3v) is 4.10. The van der Waals surface area contributed by atoms with Crippen LogP contribution in [-0.4, -0.2) is 12.5 Å². The highest BCUT2D eigenvalue weighted by atomic mass is 35.5. The van der Waals surface area contributed by atoms with Gasteiger partial charge in [-0.05, 0) is 42.8 Å². The predicted molar refractivity (Wildman–Crippen MR) is 87.6 cm³/mol. The summed E-state index contributed by atoms with van der Waals surface area (Å²) in [7, 11) is 0. The van der Waals surface area contributed by atoms with Gasteiger partial charge >= 0.3 is 0 Å². The fourth-order valence-corrected chi connectivity index (χ4v) is 2.83. The summed E-state index contributed by atoms with van der Waals surface area (Å²) in [6.45, 7) is 2.73. The van der Waals surface area contributed by atoms with E-state index in [9.17, 15) is 4.79 Å². The first kappa shape index (κ1) is 15.6. The molecule has 0 bridgehead atoms. The summed E-state index contributed by atoms with van der Waals surface area (Å²) < 4.78 is 0.720. The molecule has 0 aliphatic carbocycles. The van der Waals surface area contributed by atoms with Gasteiger partial charge in [0.1, 0.15) is 0 Å². The number of carbonyl (C=O) groups excluding carboxylic acids is 1. The molecule has 2 aromatic rings. The summed E-state index contributed by atoms with van der Waals surface area (Å²) in [4.78, 5) is 13.1. The minimum Gasteiger partial charge on any atom is -0.347 e. The van der Waals surface area contributed by atoms with Gasteiger partial charge in [-0.25, -0.2) is 0 Å². The van der Waals surface area contributed by atoms with Crippen molar-refractivity contribution in [2.45, 2.75) is 13.5 Å². The van der Waals surface area contributed by atoms with Gasteiger partial charge in [0, 0.05) is 16.0 Å². The Morgan fingerprint density at radius 2 is 2.19 bits per heavy atom. The first-order valence-corrected chi connectivity index (χ1v) is 7.61. The molecule has 3 N–H and O–H groups in total. The zero-order valence-corrected chi connectivity index (χ0v) is 13.1. The van der Waals surface area contributed by atoms with Crippen molar-refractivity contribution < 1.29 is 4.79 Å². The molecule has 1 heterocycles. The second kappa shape index (κ2) is 7.28. The summed E-state index contributed by atoms with van der Waals surface area (Å²) in [6, 6.07) is 9.17. The van der Waals surface area contributed by atoms with Crippen LogP contribution < -0.4 is 11.1 Å². The lowest BCUT2D eigenvalue weighted by Gasteiger charge is -2.06. The SMILES string of the molecule is Cc1cc(C(=O)NCc2ccc(Cl)s2)ccc1C#CCN. The van der Waals surface area contributed by atoms with Crippen molar-refractivity contribution in [3.63, 3.8) is 0 Å². The van der Waals surface area contributed by atoms with Gasteiger partial charge in [0.2, 0.25) is 0 Å². The average molecular weight is 319 g/mol. The van der Waals surface area contributed by atoms with E-state index in [0.29, 0.717) is 18.7 Å². The van der Waals surface area contributed by atoms with E-state index in [-0.39, 0.29) is 5.91 Å². The Balaban J connectivity index is 2.04. The van der Waals surface area contributed by atoms with Crippen molar-refractivity contribution in [3.05, 3.63) is 56.2 Å². The number of hydrogen-bond acceptors (Lipinski definition) is 3. The lowest BCUT2D eigenvalue weighted by molar-refractivity contribution is 0.0951. The largest absolute Gasteiger partial charge is 0.347 e. The molecule has 108 valence electrons. The molecule has 0 saturated carbocycles. The van der Waals surface area contributed by atoms with Gasteiger partial charge in [-0.3, -0.25) is 4.79 Å². The maximum Gasteiger partial charge on any atom is 0.251 e. The quantitative estimate of drug-likeness (QED) is 0.855. The third-order valence-electron chi connectivity index (χ3n) is 2.87. The van der Waals surface area contributed by atoms with Crippen LogP contribution in [0.2, 0.25) is 4.34 Å². The van der Waals surface area contributed by atoms with E-state index >= 15 is 0 Å². The summed E-state index contributed by atoms with van der Waals surface area (Å²) in [5.41, 5.74) is 7.83. The summed E-state index contributed by atoms with van der Waals surface area (Å²) in [5, 5.41) is 2.88. The summed E-state index contributed by atoms with van der Waals surface area (Å²) in [5.74, 6) is 5.68. The van der Waals surface area contributed by atoms with Crippen LogP contribution in [-0.2, 0) is 6.54 Å². The Kier molecular flexibility index (Phi) is 5.40. The molecule has 3 nitrogen and oxygen atoms in total. The second-order valence-electron chi connectivity index (χ2n) is 4.42. The Bertz CT molecular complexity index is 713. The molecule has 5 heteroatoms. The van der Waals surface area contributed by atoms with Crippen molar-refractivity contribution in [1.29, 1.82) is 0 Å². The number of carbonyl (C=O) groups is 1. The fraction of sp³-hybridized carbons (Fsp3) is 0.188. The lowest BCUT2D eigenvalue weighted by Crippen LogP contribution is -2.22. The first-order chi connectivity index (χ1) is 10.1. The van der Waals surface area contributed by atoms with E-state index in [1.807, 2.05) is 31.2 Å². The molecule has 1 aromatic heterocycles. The van der Waals surface area contributed by atoms with Crippen LogP contribution in [0.5, 0.6) is 0 Å². The van der Waals surface area contributed by atoms with Crippen molar-refractivity contribution in [1.82, 2.24) is 5.32 Å². The number of thiophene rings is 1. The second-order valence-corrected chi connectivity index (χ2v) is 6.22. The van der Waals surface area contributed by atoms with Crippen LogP contribution in [0.1, 0.15) is 26.4 Å². The van der Waals surface area contributed by atoms with E-state index < -0.39 is 0 Å². The minimum absolute atomic E-state index is 0.110. The Morgan fingerprint density at radius 3 is 2.81 bits per heavy atom. The maximum atomic E-state index is 12.1. The zero-order valence-electron chi connectivity index (χ0n) is 11.6. The molecular weight excluding hydrogens is 304 g/mol. The van der Waals surface area contributed by atoms with Gasteiger partial charge < -0.3 is 11.1 Å². The van der Waals surface area contributed by atoms with E-state index in [4.69, 9.17) is 17.3 Å². The van der Waals surface area contributed by atoms with Crippen molar-refractivity contribution in [2.24, 2.45) is 5.73 Å². The molecule has 21 heavy (non-hydrogen) atoms. The highest BCUT2D eigenvalue weighted by molar-refractivity contribution is 7.16. The van der Waals surface area contributed by atoms with Crippen molar-refractivity contribution in [2.75, 3.05) is 6.54 Å². The number of nitrogens with one attached hydrogen (secondary N) is 1. The highest BCUT2D eigenvalue weighted by Crippen LogP contribution is 2.21. The predicted octanol–water partition coefficient (Wildman–Crippen LogP) is 2.95. The minimum atomic E-state index is -0.110. The van der Waals surface area contributed by atoms with E-state index in [1.54, 1.807) is 6.07 Å². The highest BCUT2D eigenvalue weighted by Gasteiger charge is 2.07. The molecule has 2 rings (SSSR count). The molecular formula is C16H15ClN2OS. The van der Waals surface area contributed by atoms with E-state index in [2.05, 4.69) is 17.2 Å². The van der Waals surface area contributed by atoms with Crippen LogP contribution in [0.4, 0.5) is 0 Å². The van der Waals surface area contributed by atoms with Crippen molar-refractivity contribution >= 4 is 28.8 Å². The first-order valence-electron chi connectivity index (χ1n) is 6.42. The van der Waals surface area contributed by atoms with Gasteiger partial charge in [0.15, 0.2) is 0 Å². The van der Waals surface area contributed by atoms with Gasteiger partial charge in [-0.1, -0.05) is 23.4 Å². The molecule has 0 radical (unpaired) electrons. The maximum absolute atomic E-state index is 12.1. The third kappa shape index (κ3) is 4.33. The smallest absolute Gasteiger partial charge is 0.251 e. The Morgan fingerprint density at radius 1 is 1.38 bits per heavy atom. The zero-order chi connectivity index (χ0) is 15.2. The van der Waals surface area contributed by atoms with Gasteiger partial charge in [0.25, 0.3) is 5.91 Å². The summed E-state index contributed by atoms with van der Waals surface area (Å²) >= 11 is 7.32. The molecule has 1 aromatic carbocycles. The molecule has 0 aliphatic heterocycles. The van der Waals surface area contributed by atoms with Crippen LogP contribution in [0.25, 0.3) is 0 Å². The molecule has 0 aliphatic rings. The average Bonchev–Trinajstić information content (AvgIpc) is 2.89. The lowest BCUT2D eigenvalue weighted by atomic mass is 10.0.